The van der Waals surface area contributed by atoms with Crippen LogP contribution in [0.3, 0.4) is 0 Å². The number of anilines is 2. The predicted molar refractivity (Wildman–Crippen MR) is 99.0 cm³/mol. The molecule has 0 aromatic heterocycles. The molecule has 0 saturated carbocycles. The van der Waals surface area contributed by atoms with Crippen molar-refractivity contribution in [1.82, 2.24) is 0 Å². The Kier molecular flexibility index (Phi) is 6.32. The van der Waals surface area contributed by atoms with E-state index in [0.717, 1.165) is 5.69 Å². The van der Waals surface area contributed by atoms with Crippen LogP contribution < -0.4 is 16.0 Å². The average Bonchev–Trinajstić information content (AvgIpc) is 2.62. The second-order valence-electron chi connectivity index (χ2n) is 5.54. The van der Waals surface area contributed by atoms with Crippen molar-refractivity contribution < 1.29 is 19.1 Å². The minimum absolute atomic E-state index is 0.207. The highest BCUT2D eigenvalue weighted by Gasteiger charge is 2.24. The lowest BCUT2D eigenvalue weighted by molar-refractivity contribution is -0.126. The first-order chi connectivity index (χ1) is 12.4. The van der Waals surface area contributed by atoms with Crippen LogP contribution in [0.2, 0.25) is 0 Å². The van der Waals surface area contributed by atoms with Crippen molar-refractivity contribution in [3.05, 3.63) is 60.2 Å². The van der Waals surface area contributed by atoms with Gasteiger partial charge in [-0.05, 0) is 44.2 Å². The molecule has 26 heavy (non-hydrogen) atoms. The van der Waals surface area contributed by atoms with Crippen LogP contribution in [0.5, 0.6) is 0 Å². The van der Waals surface area contributed by atoms with E-state index in [9.17, 15) is 14.4 Å². The van der Waals surface area contributed by atoms with Crippen LogP contribution in [0, 0.1) is 0 Å². The summed E-state index contributed by atoms with van der Waals surface area (Å²) < 4.78 is 5.29. The number of amides is 3. The number of urea groups is 1. The minimum Gasteiger partial charge on any atom is -0.449 e. The molecule has 0 saturated heterocycles. The van der Waals surface area contributed by atoms with Crippen molar-refractivity contribution in [2.45, 2.75) is 20.0 Å². The molecule has 136 valence electrons. The molecule has 7 heteroatoms. The zero-order valence-electron chi connectivity index (χ0n) is 14.6. The predicted octanol–water partition coefficient (Wildman–Crippen LogP) is 2.78. The van der Waals surface area contributed by atoms with Crippen LogP contribution in [-0.4, -0.2) is 30.6 Å². The molecule has 0 spiro atoms. The normalized spacial score (nSPS) is 11.3. The van der Waals surface area contributed by atoms with Crippen LogP contribution in [0.15, 0.2) is 54.6 Å². The lowest BCUT2D eigenvalue weighted by Gasteiger charge is -2.24. The highest BCUT2D eigenvalue weighted by molar-refractivity contribution is 5.99. The molecule has 0 aliphatic rings. The summed E-state index contributed by atoms with van der Waals surface area (Å²) in [5, 5.41) is 2.38. The Balaban J connectivity index is 2.08. The van der Waals surface area contributed by atoms with E-state index < -0.39 is 18.1 Å². The second-order valence-corrected chi connectivity index (χ2v) is 5.54. The van der Waals surface area contributed by atoms with Gasteiger partial charge in [-0.3, -0.25) is 4.79 Å². The standard InChI is InChI=1S/C19H21N3O4/c1-3-22(16-10-5-4-6-11-16)17(23)13(2)26-18(24)14-8-7-9-15(12-14)21-19(20)25/h4-13H,3H2,1-2H3,(H3,20,21,25)/t13-/m1/s1. The van der Waals surface area contributed by atoms with Gasteiger partial charge < -0.3 is 20.7 Å². The van der Waals surface area contributed by atoms with Gasteiger partial charge in [0.15, 0.2) is 6.10 Å². The minimum atomic E-state index is -0.963. The third-order valence-corrected chi connectivity index (χ3v) is 3.65. The van der Waals surface area contributed by atoms with Gasteiger partial charge in [-0.1, -0.05) is 24.3 Å². The number of carbonyl (C=O) groups is 3. The third kappa shape index (κ3) is 4.83. The van der Waals surface area contributed by atoms with E-state index in [0.29, 0.717) is 12.2 Å². The van der Waals surface area contributed by atoms with Gasteiger partial charge in [0.2, 0.25) is 0 Å². The van der Waals surface area contributed by atoms with Gasteiger partial charge in [0.25, 0.3) is 5.91 Å². The number of nitrogens with one attached hydrogen (secondary N) is 1. The summed E-state index contributed by atoms with van der Waals surface area (Å²) in [6.07, 6.45) is -0.963. The first-order valence-electron chi connectivity index (χ1n) is 8.16. The molecule has 2 aromatic rings. The number of esters is 1. The third-order valence-electron chi connectivity index (χ3n) is 3.65. The molecule has 0 fully saturated rings. The summed E-state index contributed by atoms with van der Waals surface area (Å²) in [5.41, 5.74) is 6.36. The molecule has 7 nitrogen and oxygen atoms in total. The quantitative estimate of drug-likeness (QED) is 0.778. The number of rotatable bonds is 6. The summed E-state index contributed by atoms with van der Waals surface area (Å²) in [6, 6.07) is 14.5. The summed E-state index contributed by atoms with van der Waals surface area (Å²) >= 11 is 0. The van der Waals surface area contributed by atoms with E-state index in [1.807, 2.05) is 37.3 Å². The highest BCUT2D eigenvalue weighted by Crippen LogP contribution is 2.17. The topological polar surface area (TPSA) is 102 Å². The summed E-state index contributed by atoms with van der Waals surface area (Å²) in [4.78, 5) is 37.4. The van der Waals surface area contributed by atoms with Gasteiger partial charge in [0.1, 0.15) is 0 Å². The molecule has 0 bridgehead atoms. The first kappa shape index (κ1) is 19.0. The monoisotopic (exact) mass is 355 g/mol. The Labute approximate surface area is 151 Å². The SMILES string of the molecule is CCN(C(=O)[C@@H](C)OC(=O)c1cccc(NC(N)=O)c1)c1ccccc1. The number of benzene rings is 2. The lowest BCUT2D eigenvalue weighted by atomic mass is 10.2. The van der Waals surface area contributed by atoms with Gasteiger partial charge in [0.05, 0.1) is 5.56 Å². The number of carbonyl (C=O) groups excluding carboxylic acids is 3. The Morgan fingerprint density at radius 2 is 1.81 bits per heavy atom. The Bertz CT molecular complexity index is 792. The summed E-state index contributed by atoms with van der Waals surface area (Å²) in [5.74, 6) is -0.985. The molecule has 0 aliphatic carbocycles. The van der Waals surface area contributed by atoms with E-state index in [-0.39, 0.29) is 11.5 Å². The molecule has 0 radical (unpaired) electrons. The van der Waals surface area contributed by atoms with Gasteiger partial charge in [-0.2, -0.15) is 0 Å². The number of nitrogens with two attached hydrogens (primary N) is 1. The highest BCUT2D eigenvalue weighted by atomic mass is 16.5. The molecule has 2 rings (SSSR count). The zero-order chi connectivity index (χ0) is 19.1. The van der Waals surface area contributed by atoms with Crippen molar-refractivity contribution in [3.8, 4) is 0 Å². The molecular formula is C19H21N3O4. The lowest BCUT2D eigenvalue weighted by Crippen LogP contribution is -2.40. The molecular weight excluding hydrogens is 334 g/mol. The molecule has 3 amide bonds. The van der Waals surface area contributed by atoms with Crippen molar-refractivity contribution in [2.75, 3.05) is 16.8 Å². The summed E-state index contributed by atoms with van der Waals surface area (Å²) in [7, 11) is 0. The number of nitrogens with zero attached hydrogens (tertiary/aromatic N) is 1. The van der Waals surface area contributed by atoms with E-state index in [1.165, 1.54) is 19.1 Å². The zero-order valence-corrected chi connectivity index (χ0v) is 14.6. The summed E-state index contributed by atoms with van der Waals surface area (Å²) in [6.45, 7) is 3.82. The molecule has 0 heterocycles. The van der Waals surface area contributed by atoms with E-state index in [2.05, 4.69) is 5.32 Å². The van der Waals surface area contributed by atoms with Gasteiger partial charge in [0, 0.05) is 17.9 Å². The molecule has 3 N–H and O–H groups in total. The number of ether oxygens (including phenoxy) is 1. The molecule has 2 aromatic carbocycles. The van der Waals surface area contributed by atoms with E-state index >= 15 is 0 Å². The van der Waals surface area contributed by atoms with Crippen LogP contribution in [0.1, 0.15) is 24.2 Å². The van der Waals surface area contributed by atoms with Crippen molar-refractivity contribution in [2.24, 2.45) is 5.73 Å². The second kappa shape index (κ2) is 8.66. The van der Waals surface area contributed by atoms with Crippen molar-refractivity contribution in [1.29, 1.82) is 0 Å². The maximum absolute atomic E-state index is 12.6. The maximum atomic E-state index is 12.6. The smallest absolute Gasteiger partial charge is 0.338 e. The van der Waals surface area contributed by atoms with Gasteiger partial charge in [-0.15, -0.1) is 0 Å². The Morgan fingerprint density at radius 1 is 1.12 bits per heavy atom. The van der Waals surface area contributed by atoms with E-state index in [1.54, 1.807) is 17.0 Å². The maximum Gasteiger partial charge on any atom is 0.338 e. The van der Waals surface area contributed by atoms with Gasteiger partial charge in [-0.25, -0.2) is 9.59 Å². The Morgan fingerprint density at radius 3 is 2.42 bits per heavy atom. The fraction of sp³-hybridized carbons (Fsp3) is 0.211. The number of likely N-dealkylation sites (N-methyl/N-ethyl adjacent to an activating group) is 1. The number of para-hydroxylation sites is 1. The number of hydrogen-bond donors (Lipinski definition) is 2. The number of hydrogen-bond acceptors (Lipinski definition) is 4. The van der Waals surface area contributed by atoms with Crippen molar-refractivity contribution >= 4 is 29.3 Å². The van der Waals surface area contributed by atoms with E-state index in [4.69, 9.17) is 10.5 Å². The fourth-order valence-electron chi connectivity index (χ4n) is 2.44. The van der Waals surface area contributed by atoms with Crippen LogP contribution in [0.25, 0.3) is 0 Å². The molecule has 0 aliphatic heterocycles. The number of primary amides is 1. The largest absolute Gasteiger partial charge is 0.449 e. The van der Waals surface area contributed by atoms with Gasteiger partial charge >= 0.3 is 12.0 Å². The average molecular weight is 355 g/mol. The van der Waals surface area contributed by atoms with Crippen LogP contribution in [-0.2, 0) is 9.53 Å². The molecule has 0 unspecified atom stereocenters. The molecule has 1 atom stereocenters. The first-order valence-corrected chi connectivity index (χ1v) is 8.16. The van der Waals surface area contributed by atoms with Crippen molar-refractivity contribution in [3.63, 3.8) is 0 Å². The van der Waals surface area contributed by atoms with Crippen LogP contribution in [0.4, 0.5) is 16.2 Å². The Hall–Kier alpha value is -3.35. The fourth-order valence-corrected chi connectivity index (χ4v) is 2.44. The van der Waals surface area contributed by atoms with Crippen LogP contribution >= 0.6 is 0 Å².